The highest BCUT2D eigenvalue weighted by Crippen LogP contribution is 2.29. The highest BCUT2D eigenvalue weighted by Gasteiger charge is 2.21. The smallest absolute Gasteiger partial charge is 0.131 e. The Bertz CT molecular complexity index is 581. The van der Waals surface area contributed by atoms with E-state index in [1.165, 1.54) is 12.1 Å². The molecule has 0 aliphatic carbocycles. The van der Waals surface area contributed by atoms with Crippen molar-refractivity contribution in [2.24, 2.45) is 5.84 Å². The molecule has 0 amide bonds. The summed E-state index contributed by atoms with van der Waals surface area (Å²) in [6.07, 6.45) is 1.56. The Kier molecular flexibility index (Phi) is 3.73. The van der Waals surface area contributed by atoms with E-state index in [1.807, 2.05) is 6.92 Å². The molecule has 0 aliphatic rings. The van der Waals surface area contributed by atoms with Crippen LogP contribution in [0.3, 0.4) is 0 Å². The summed E-state index contributed by atoms with van der Waals surface area (Å²) >= 11 is 0. The van der Waals surface area contributed by atoms with E-state index in [0.29, 0.717) is 5.56 Å². The normalized spacial score (nSPS) is 12.4. The van der Waals surface area contributed by atoms with Crippen molar-refractivity contribution in [1.82, 2.24) is 10.4 Å². The van der Waals surface area contributed by atoms with Gasteiger partial charge in [-0.25, -0.2) is 19.2 Å². The van der Waals surface area contributed by atoms with Gasteiger partial charge in [0.05, 0.1) is 6.04 Å². The number of halogens is 2. The third-order valence-corrected chi connectivity index (χ3v) is 2.97. The molecule has 2 rings (SSSR count). The third-order valence-electron chi connectivity index (χ3n) is 2.97. The maximum absolute atomic E-state index is 13.8. The zero-order chi connectivity index (χ0) is 14.0. The first kappa shape index (κ1) is 13.4. The summed E-state index contributed by atoms with van der Waals surface area (Å²) in [5.41, 5.74) is 9.92. The largest absolute Gasteiger partial charge is 0.383 e. The van der Waals surface area contributed by atoms with Gasteiger partial charge in [0, 0.05) is 23.4 Å². The fraction of sp³-hybridized carbons (Fsp3) is 0.154. The van der Waals surface area contributed by atoms with Crippen molar-refractivity contribution in [2.45, 2.75) is 13.0 Å². The second-order valence-electron chi connectivity index (χ2n) is 4.19. The summed E-state index contributed by atoms with van der Waals surface area (Å²) in [5, 5.41) is 0. The van der Waals surface area contributed by atoms with Gasteiger partial charge in [0.1, 0.15) is 17.5 Å². The van der Waals surface area contributed by atoms with Crippen molar-refractivity contribution in [3.8, 4) is 0 Å². The predicted molar refractivity (Wildman–Crippen MR) is 68.9 cm³/mol. The van der Waals surface area contributed by atoms with E-state index < -0.39 is 17.7 Å². The van der Waals surface area contributed by atoms with E-state index in [0.717, 1.165) is 11.6 Å². The fourth-order valence-corrected chi connectivity index (χ4v) is 2.03. The van der Waals surface area contributed by atoms with Gasteiger partial charge in [-0.05, 0) is 24.6 Å². The maximum Gasteiger partial charge on any atom is 0.131 e. The Morgan fingerprint density at radius 2 is 2.00 bits per heavy atom. The Labute approximate surface area is 109 Å². The van der Waals surface area contributed by atoms with Crippen LogP contribution in [0.4, 0.5) is 14.6 Å². The molecule has 1 heterocycles. The Balaban J connectivity index is 2.56. The van der Waals surface area contributed by atoms with Gasteiger partial charge < -0.3 is 5.73 Å². The first-order valence-corrected chi connectivity index (χ1v) is 5.66. The van der Waals surface area contributed by atoms with E-state index >= 15 is 0 Å². The fourth-order valence-electron chi connectivity index (χ4n) is 2.03. The number of aromatic nitrogens is 1. The van der Waals surface area contributed by atoms with Crippen LogP contribution in [0.2, 0.25) is 0 Å². The van der Waals surface area contributed by atoms with Crippen LogP contribution >= 0.6 is 0 Å². The lowest BCUT2D eigenvalue weighted by molar-refractivity contribution is 0.541. The first-order chi connectivity index (χ1) is 9.04. The van der Waals surface area contributed by atoms with Crippen LogP contribution in [-0.2, 0) is 0 Å². The van der Waals surface area contributed by atoms with Crippen LogP contribution in [0, 0.1) is 18.6 Å². The number of nitrogens with two attached hydrogens (primary N) is 2. The van der Waals surface area contributed by atoms with Gasteiger partial charge in [0.2, 0.25) is 0 Å². The lowest BCUT2D eigenvalue weighted by Crippen LogP contribution is -2.31. The molecule has 0 saturated carbocycles. The van der Waals surface area contributed by atoms with Crippen LogP contribution < -0.4 is 17.0 Å². The van der Waals surface area contributed by atoms with Gasteiger partial charge in [-0.2, -0.15) is 0 Å². The summed E-state index contributed by atoms with van der Waals surface area (Å²) in [6.45, 7) is 1.82. The van der Waals surface area contributed by atoms with Gasteiger partial charge >= 0.3 is 0 Å². The number of anilines is 1. The van der Waals surface area contributed by atoms with Crippen molar-refractivity contribution < 1.29 is 8.78 Å². The molecule has 0 radical (unpaired) electrons. The number of pyridine rings is 1. The number of benzene rings is 1. The summed E-state index contributed by atoms with van der Waals surface area (Å²) in [6, 6.07) is 4.37. The average molecular weight is 264 g/mol. The molecular weight excluding hydrogens is 250 g/mol. The molecule has 2 aromatic rings. The molecule has 0 bridgehead atoms. The number of rotatable bonds is 3. The second-order valence-corrected chi connectivity index (χ2v) is 4.19. The van der Waals surface area contributed by atoms with E-state index in [1.54, 1.807) is 12.3 Å². The standard InChI is InChI=1S/C13H14F2N4/c1-7-4-5-18-13(16)11(7)12(19-17)9-3-2-8(14)6-10(9)15/h2-6,12,19H,17H2,1H3,(H2,16,18). The van der Waals surface area contributed by atoms with E-state index in [-0.39, 0.29) is 11.4 Å². The quantitative estimate of drug-likeness (QED) is 0.583. The Morgan fingerprint density at radius 1 is 1.26 bits per heavy atom. The van der Waals surface area contributed by atoms with E-state index in [9.17, 15) is 8.78 Å². The lowest BCUT2D eigenvalue weighted by atomic mass is 9.96. The van der Waals surface area contributed by atoms with Crippen LogP contribution in [-0.4, -0.2) is 4.98 Å². The SMILES string of the molecule is Cc1ccnc(N)c1C(NN)c1ccc(F)cc1F. The summed E-state index contributed by atoms with van der Waals surface area (Å²) in [7, 11) is 0. The number of nitrogen functional groups attached to an aromatic ring is 1. The van der Waals surface area contributed by atoms with Crippen molar-refractivity contribution >= 4 is 5.82 Å². The van der Waals surface area contributed by atoms with E-state index in [2.05, 4.69) is 10.4 Å². The van der Waals surface area contributed by atoms with E-state index in [4.69, 9.17) is 11.6 Å². The zero-order valence-corrected chi connectivity index (χ0v) is 10.3. The molecule has 0 aliphatic heterocycles. The molecular formula is C13H14F2N4. The summed E-state index contributed by atoms with van der Waals surface area (Å²) in [4.78, 5) is 3.97. The number of aryl methyl sites for hydroxylation is 1. The van der Waals surface area contributed by atoms with Crippen molar-refractivity contribution in [3.63, 3.8) is 0 Å². The molecule has 1 aromatic carbocycles. The summed E-state index contributed by atoms with van der Waals surface area (Å²) < 4.78 is 26.8. The van der Waals surface area contributed by atoms with Gasteiger partial charge in [-0.15, -0.1) is 0 Å². The average Bonchev–Trinajstić information content (AvgIpc) is 2.35. The Morgan fingerprint density at radius 3 is 2.58 bits per heavy atom. The van der Waals surface area contributed by atoms with Gasteiger partial charge in [0.25, 0.3) is 0 Å². The van der Waals surface area contributed by atoms with Crippen molar-refractivity contribution in [3.05, 3.63) is 58.8 Å². The number of nitrogens with zero attached hydrogens (tertiary/aromatic N) is 1. The molecule has 19 heavy (non-hydrogen) atoms. The molecule has 100 valence electrons. The molecule has 1 unspecified atom stereocenters. The van der Waals surface area contributed by atoms with Crippen LogP contribution in [0.5, 0.6) is 0 Å². The number of hydrazine groups is 1. The highest BCUT2D eigenvalue weighted by molar-refractivity contribution is 5.50. The minimum Gasteiger partial charge on any atom is -0.383 e. The molecule has 5 N–H and O–H groups in total. The molecule has 0 spiro atoms. The molecule has 0 saturated heterocycles. The summed E-state index contributed by atoms with van der Waals surface area (Å²) in [5.74, 6) is 4.41. The van der Waals surface area contributed by atoms with Crippen LogP contribution in [0.1, 0.15) is 22.7 Å². The topological polar surface area (TPSA) is 77.0 Å². The second kappa shape index (κ2) is 5.29. The zero-order valence-electron chi connectivity index (χ0n) is 10.3. The van der Waals surface area contributed by atoms with Gasteiger partial charge in [-0.3, -0.25) is 5.84 Å². The molecule has 0 fully saturated rings. The minimum atomic E-state index is -0.689. The molecule has 1 atom stereocenters. The maximum atomic E-state index is 13.8. The first-order valence-electron chi connectivity index (χ1n) is 5.66. The number of hydrogen-bond acceptors (Lipinski definition) is 4. The molecule has 4 nitrogen and oxygen atoms in total. The van der Waals surface area contributed by atoms with Crippen LogP contribution in [0.25, 0.3) is 0 Å². The number of nitrogens with one attached hydrogen (secondary N) is 1. The third kappa shape index (κ3) is 2.54. The minimum absolute atomic E-state index is 0.215. The van der Waals surface area contributed by atoms with Crippen molar-refractivity contribution in [1.29, 1.82) is 0 Å². The monoisotopic (exact) mass is 264 g/mol. The highest BCUT2D eigenvalue weighted by atomic mass is 19.1. The number of hydrogen-bond donors (Lipinski definition) is 3. The van der Waals surface area contributed by atoms with Gasteiger partial charge in [0.15, 0.2) is 0 Å². The Hall–Kier alpha value is -2.05. The van der Waals surface area contributed by atoms with Crippen LogP contribution in [0.15, 0.2) is 30.5 Å². The predicted octanol–water partition coefficient (Wildman–Crippen LogP) is 1.80. The molecule has 6 heteroatoms. The van der Waals surface area contributed by atoms with Crippen molar-refractivity contribution in [2.75, 3.05) is 5.73 Å². The molecule has 1 aromatic heterocycles. The lowest BCUT2D eigenvalue weighted by Gasteiger charge is -2.20. The van der Waals surface area contributed by atoms with Gasteiger partial charge in [-0.1, -0.05) is 6.07 Å².